The molecule has 0 spiro atoms. The van der Waals surface area contributed by atoms with Gasteiger partial charge in [0.15, 0.2) is 0 Å². The molecule has 0 aliphatic carbocycles. The van der Waals surface area contributed by atoms with Crippen molar-refractivity contribution in [3.63, 3.8) is 0 Å². The Balaban J connectivity index is 2.05. The summed E-state index contributed by atoms with van der Waals surface area (Å²) in [5, 5.41) is 5.91. The molecular weight excluding hydrogens is 282 g/mol. The van der Waals surface area contributed by atoms with E-state index in [1.165, 1.54) is 0 Å². The maximum absolute atomic E-state index is 6.25. The Morgan fingerprint density at radius 3 is 2.38 bits per heavy atom. The van der Waals surface area contributed by atoms with Gasteiger partial charge in [0, 0.05) is 27.9 Å². The second-order valence-corrected chi connectivity index (χ2v) is 5.24. The van der Waals surface area contributed by atoms with Crippen molar-refractivity contribution >= 4 is 22.4 Å². The van der Waals surface area contributed by atoms with E-state index in [1.54, 1.807) is 0 Å². The third-order valence-corrected chi connectivity index (χ3v) is 3.72. The Morgan fingerprint density at radius 1 is 0.857 bits per heavy atom. The monoisotopic (exact) mass is 297 g/mol. The fourth-order valence-corrected chi connectivity index (χ4v) is 2.61. The lowest BCUT2D eigenvalue weighted by molar-refractivity contribution is 0.479. The lowest BCUT2D eigenvalue weighted by Crippen LogP contribution is -2.06. The third-order valence-electron chi connectivity index (χ3n) is 3.39. The van der Waals surface area contributed by atoms with E-state index in [0.29, 0.717) is 0 Å². The van der Waals surface area contributed by atoms with E-state index in [9.17, 15) is 0 Å². The molecule has 0 aromatic heterocycles. The zero-order valence-corrected chi connectivity index (χ0v) is 12.5. The highest BCUT2D eigenvalue weighted by molar-refractivity contribution is 6.35. The summed E-state index contributed by atoms with van der Waals surface area (Å²) < 4.78 is 6.13. The van der Waals surface area contributed by atoms with Crippen molar-refractivity contribution < 1.29 is 4.74 Å². The minimum atomic E-state index is 0.737. The van der Waals surface area contributed by atoms with Crippen LogP contribution in [0.1, 0.15) is 5.56 Å². The fourth-order valence-electron chi connectivity index (χ4n) is 2.38. The number of hydrogen-bond acceptors (Lipinski definition) is 2. The van der Waals surface area contributed by atoms with Crippen molar-refractivity contribution in [1.29, 1.82) is 0 Å². The van der Waals surface area contributed by atoms with Crippen molar-refractivity contribution in [3.8, 4) is 11.5 Å². The molecule has 106 valence electrons. The van der Waals surface area contributed by atoms with Gasteiger partial charge in [-0.1, -0.05) is 54.1 Å². The Labute approximate surface area is 129 Å². The molecule has 3 rings (SSSR count). The van der Waals surface area contributed by atoms with Gasteiger partial charge in [-0.15, -0.1) is 0 Å². The zero-order valence-electron chi connectivity index (χ0n) is 11.8. The first kappa shape index (κ1) is 13.9. The largest absolute Gasteiger partial charge is 0.456 e. The second-order valence-electron chi connectivity index (χ2n) is 4.83. The first-order valence-corrected chi connectivity index (χ1v) is 7.25. The van der Waals surface area contributed by atoms with Crippen LogP contribution in [0.4, 0.5) is 0 Å². The maximum Gasteiger partial charge on any atom is 0.135 e. The summed E-state index contributed by atoms with van der Waals surface area (Å²) in [6, 6.07) is 19.8. The number of ether oxygens (including phenoxy) is 1. The maximum atomic E-state index is 6.25. The summed E-state index contributed by atoms with van der Waals surface area (Å²) in [6.07, 6.45) is 0. The predicted octanol–water partition coefficient (Wildman–Crippen LogP) is 5.00. The molecule has 0 atom stereocenters. The average molecular weight is 298 g/mol. The molecule has 1 N–H and O–H groups in total. The first-order chi connectivity index (χ1) is 10.3. The lowest BCUT2D eigenvalue weighted by Gasteiger charge is -2.13. The van der Waals surface area contributed by atoms with Crippen molar-refractivity contribution in [2.24, 2.45) is 0 Å². The number of rotatable bonds is 4. The van der Waals surface area contributed by atoms with Crippen molar-refractivity contribution in [3.05, 3.63) is 71.2 Å². The molecule has 21 heavy (non-hydrogen) atoms. The molecule has 3 aromatic rings. The van der Waals surface area contributed by atoms with Crippen molar-refractivity contribution in [1.82, 2.24) is 5.32 Å². The molecule has 0 amide bonds. The number of para-hydroxylation sites is 1. The van der Waals surface area contributed by atoms with E-state index < -0.39 is 0 Å². The molecule has 3 aromatic carbocycles. The van der Waals surface area contributed by atoms with E-state index >= 15 is 0 Å². The lowest BCUT2D eigenvalue weighted by atomic mass is 10.1. The van der Waals surface area contributed by atoms with Crippen LogP contribution in [0.15, 0.2) is 60.7 Å². The summed E-state index contributed by atoms with van der Waals surface area (Å²) in [7, 11) is 1.93. The molecular formula is C18H16ClNO. The number of hydrogen-bond donors (Lipinski definition) is 1. The second kappa shape index (κ2) is 6.17. The Morgan fingerprint density at radius 2 is 1.57 bits per heavy atom. The van der Waals surface area contributed by atoms with Crippen LogP contribution in [-0.2, 0) is 6.54 Å². The van der Waals surface area contributed by atoms with Gasteiger partial charge in [0.25, 0.3) is 0 Å². The van der Waals surface area contributed by atoms with Crippen LogP contribution in [0.3, 0.4) is 0 Å². The van der Waals surface area contributed by atoms with Crippen LogP contribution >= 0.6 is 11.6 Å². The Bertz CT molecular complexity index is 770. The molecule has 0 unspecified atom stereocenters. The normalized spacial score (nSPS) is 10.8. The quantitative estimate of drug-likeness (QED) is 0.731. The van der Waals surface area contributed by atoms with Gasteiger partial charge < -0.3 is 10.1 Å². The molecule has 0 saturated heterocycles. The smallest absolute Gasteiger partial charge is 0.135 e. The van der Waals surface area contributed by atoms with Gasteiger partial charge >= 0.3 is 0 Å². The van der Waals surface area contributed by atoms with E-state index in [4.69, 9.17) is 16.3 Å². The van der Waals surface area contributed by atoms with E-state index in [2.05, 4.69) is 11.4 Å². The van der Waals surface area contributed by atoms with Crippen LogP contribution in [0, 0.1) is 0 Å². The minimum absolute atomic E-state index is 0.737. The summed E-state index contributed by atoms with van der Waals surface area (Å²) in [5.41, 5.74) is 1.12. The molecule has 0 saturated carbocycles. The van der Waals surface area contributed by atoms with E-state index in [1.807, 2.05) is 61.6 Å². The molecule has 0 bridgehead atoms. The van der Waals surface area contributed by atoms with Gasteiger partial charge in [0.2, 0.25) is 0 Å². The van der Waals surface area contributed by atoms with Crippen LogP contribution in [0.25, 0.3) is 10.8 Å². The first-order valence-electron chi connectivity index (χ1n) is 6.87. The number of fused-ring (bicyclic) bond motifs is 1. The zero-order chi connectivity index (χ0) is 14.7. The third kappa shape index (κ3) is 2.87. The summed E-state index contributed by atoms with van der Waals surface area (Å²) in [4.78, 5) is 0. The van der Waals surface area contributed by atoms with Gasteiger partial charge in [-0.05, 0) is 25.2 Å². The predicted molar refractivity (Wildman–Crippen MR) is 88.2 cm³/mol. The van der Waals surface area contributed by atoms with Crippen molar-refractivity contribution in [2.45, 2.75) is 6.54 Å². The van der Waals surface area contributed by atoms with Crippen molar-refractivity contribution in [2.75, 3.05) is 7.05 Å². The molecule has 2 nitrogen and oxygen atoms in total. The minimum Gasteiger partial charge on any atom is -0.456 e. The molecule has 0 aliphatic heterocycles. The van der Waals surface area contributed by atoms with Gasteiger partial charge in [0.05, 0.1) is 0 Å². The van der Waals surface area contributed by atoms with Gasteiger partial charge in [-0.3, -0.25) is 0 Å². The molecule has 0 fully saturated rings. The molecule has 0 aliphatic rings. The Hall–Kier alpha value is -2.03. The topological polar surface area (TPSA) is 21.3 Å². The molecule has 0 radical (unpaired) electrons. The van der Waals surface area contributed by atoms with Crippen LogP contribution in [-0.4, -0.2) is 7.05 Å². The Kier molecular flexibility index (Phi) is 4.09. The van der Waals surface area contributed by atoms with Crippen LogP contribution in [0.2, 0.25) is 5.02 Å². The number of nitrogens with one attached hydrogen (secondary N) is 1. The van der Waals surface area contributed by atoms with E-state index in [0.717, 1.165) is 39.4 Å². The average Bonchev–Trinajstić information content (AvgIpc) is 2.52. The van der Waals surface area contributed by atoms with Gasteiger partial charge in [0.1, 0.15) is 11.5 Å². The SMILES string of the molecule is CNCc1ccccc1Oc1ccc(Cl)c2ccccc12. The summed E-state index contributed by atoms with van der Waals surface area (Å²) in [6.45, 7) is 0.766. The summed E-state index contributed by atoms with van der Waals surface area (Å²) in [5.74, 6) is 1.68. The molecule has 3 heteroatoms. The van der Waals surface area contributed by atoms with Gasteiger partial charge in [-0.2, -0.15) is 0 Å². The summed E-state index contributed by atoms with van der Waals surface area (Å²) >= 11 is 6.25. The number of benzene rings is 3. The highest BCUT2D eigenvalue weighted by Gasteiger charge is 2.08. The highest BCUT2D eigenvalue weighted by atomic mass is 35.5. The van der Waals surface area contributed by atoms with E-state index in [-0.39, 0.29) is 0 Å². The van der Waals surface area contributed by atoms with Gasteiger partial charge in [-0.25, -0.2) is 0 Å². The van der Waals surface area contributed by atoms with Crippen LogP contribution in [0.5, 0.6) is 11.5 Å². The molecule has 0 heterocycles. The fraction of sp³-hybridized carbons (Fsp3) is 0.111. The number of halogens is 1. The van der Waals surface area contributed by atoms with Crippen LogP contribution < -0.4 is 10.1 Å². The highest BCUT2D eigenvalue weighted by Crippen LogP contribution is 2.35. The standard InChI is InChI=1S/C18H16ClNO/c1-20-12-13-6-2-5-9-17(13)21-18-11-10-16(19)14-7-3-4-8-15(14)18/h2-11,20H,12H2,1H3.